The van der Waals surface area contributed by atoms with E-state index in [-0.39, 0.29) is 11.3 Å². The molecule has 6 nitrogen and oxygen atoms in total. The maximum absolute atomic E-state index is 12.9. The highest BCUT2D eigenvalue weighted by Gasteiger charge is 2.48. The molecule has 1 fully saturated rings. The SMILES string of the molecule is Cc1nnc(N2C(=O)C(=O)C(=C(O)c3ccc(Cl)cc3)C2c2ccccc2)s1. The van der Waals surface area contributed by atoms with Gasteiger partial charge in [-0.3, -0.25) is 14.5 Å². The van der Waals surface area contributed by atoms with E-state index in [0.717, 1.165) is 0 Å². The molecule has 2 heterocycles. The Morgan fingerprint density at radius 3 is 2.36 bits per heavy atom. The van der Waals surface area contributed by atoms with Gasteiger partial charge in [-0.05, 0) is 36.8 Å². The Morgan fingerprint density at radius 2 is 1.75 bits per heavy atom. The first-order chi connectivity index (χ1) is 13.5. The smallest absolute Gasteiger partial charge is 0.301 e. The zero-order valence-corrected chi connectivity index (χ0v) is 16.2. The number of benzene rings is 2. The number of hydrogen-bond acceptors (Lipinski definition) is 6. The fraction of sp³-hybridized carbons (Fsp3) is 0.100. The number of hydrogen-bond donors (Lipinski definition) is 1. The number of aromatic nitrogens is 2. The second-order valence-corrected chi connectivity index (χ2v) is 7.79. The number of anilines is 1. The predicted molar refractivity (Wildman–Crippen MR) is 107 cm³/mol. The van der Waals surface area contributed by atoms with Crippen molar-refractivity contribution in [3.8, 4) is 0 Å². The average Bonchev–Trinajstić information content (AvgIpc) is 3.24. The van der Waals surface area contributed by atoms with Crippen molar-refractivity contribution < 1.29 is 14.7 Å². The molecule has 2 aromatic carbocycles. The quantitative estimate of drug-likeness (QED) is 0.398. The topological polar surface area (TPSA) is 83.4 Å². The summed E-state index contributed by atoms with van der Waals surface area (Å²) in [6.45, 7) is 1.77. The molecule has 1 N–H and O–H groups in total. The zero-order chi connectivity index (χ0) is 19.8. The second-order valence-electron chi connectivity index (χ2n) is 6.19. The summed E-state index contributed by atoms with van der Waals surface area (Å²) >= 11 is 7.13. The highest BCUT2D eigenvalue weighted by molar-refractivity contribution is 7.15. The first kappa shape index (κ1) is 18.3. The first-order valence-corrected chi connectivity index (χ1v) is 9.59. The third-order valence-corrected chi connectivity index (χ3v) is 5.49. The van der Waals surface area contributed by atoms with E-state index in [9.17, 15) is 14.7 Å². The van der Waals surface area contributed by atoms with Gasteiger partial charge in [0.15, 0.2) is 0 Å². The molecule has 3 aromatic rings. The first-order valence-electron chi connectivity index (χ1n) is 8.39. The standard InChI is InChI=1S/C20H14ClN3O3S/c1-11-22-23-20(28-11)24-16(12-5-3-2-4-6-12)15(18(26)19(24)27)17(25)13-7-9-14(21)10-8-13/h2-10,16,25H,1H3. The molecule has 1 aliphatic heterocycles. The summed E-state index contributed by atoms with van der Waals surface area (Å²) in [5.74, 6) is -1.78. The fourth-order valence-corrected chi connectivity index (χ4v) is 3.97. The van der Waals surface area contributed by atoms with Crippen molar-refractivity contribution in [2.45, 2.75) is 13.0 Å². The summed E-state index contributed by atoms with van der Waals surface area (Å²) in [6, 6.07) is 14.7. The number of Topliss-reactive ketones (excluding diaryl/α,β-unsaturated/α-hetero) is 1. The van der Waals surface area contributed by atoms with Crippen LogP contribution in [0.3, 0.4) is 0 Å². The summed E-state index contributed by atoms with van der Waals surface area (Å²) < 4.78 is 0. The largest absolute Gasteiger partial charge is 0.507 e. The Hall–Kier alpha value is -3.03. The molecule has 1 amide bonds. The van der Waals surface area contributed by atoms with Gasteiger partial charge in [0, 0.05) is 10.6 Å². The van der Waals surface area contributed by atoms with Gasteiger partial charge in [0.1, 0.15) is 10.8 Å². The maximum Gasteiger partial charge on any atom is 0.301 e. The minimum Gasteiger partial charge on any atom is -0.507 e. The number of aliphatic hydroxyl groups excluding tert-OH is 1. The van der Waals surface area contributed by atoms with Gasteiger partial charge in [0.2, 0.25) is 5.13 Å². The van der Waals surface area contributed by atoms with E-state index in [1.807, 2.05) is 18.2 Å². The number of rotatable bonds is 3. The van der Waals surface area contributed by atoms with Crippen LogP contribution in [0, 0.1) is 6.92 Å². The summed E-state index contributed by atoms with van der Waals surface area (Å²) in [5.41, 5.74) is 1.09. The van der Waals surface area contributed by atoms with E-state index in [1.54, 1.807) is 43.3 Å². The van der Waals surface area contributed by atoms with Crippen molar-refractivity contribution in [3.63, 3.8) is 0 Å². The van der Waals surface area contributed by atoms with E-state index in [4.69, 9.17) is 11.6 Å². The average molecular weight is 412 g/mol. The maximum atomic E-state index is 12.9. The molecule has 0 saturated carbocycles. The zero-order valence-electron chi connectivity index (χ0n) is 14.7. The minimum atomic E-state index is -0.802. The lowest BCUT2D eigenvalue weighted by Crippen LogP contribution is -2.29. The van der Waals surface area contributed by atoms with Gasteiger partial charge in [-0.15, -0.1) is 10.2 Å². The lowest BCUT2D eigenvalue weighted by atomic mass is 9.95. The van der Waals surface area contributed by atoms with Crippen LogP contribution in [0.15, 0.2) is 60.2 Å². The molecule has 8 heteroatoms. The summed E-state index contributed by atoms with van der Waals surface area (Å²) in [5, 5.41) is 20.4. The highest BCUT2D eigenvalue weighted by Crippen LogP contribution is 2.42. The van der Waals surface area contributed by atoms with Crippen LogP contribution in [0.1, 0.15) is 22.2 Å². The van der Waals surface area contributed by atoms with Crippen molar-refractivity contribution in [2.24, 2.45) is 0 Å². The molecule has 1 aromatic heterocycles. The van der Waals surface area contributed by atoms with E-state index in [1.165, 1.54) is 16.2 Å². The Bertz CT molecular complexity index is 1090. The number of nitrogens with zero attached hydrogens (tertiary/aromatic N) is 3. The fourth-order valence-electron chi connectivity index (χ4n) is 3.13. The Balaban J connectivity index is 1.93. The van der Waals surface area contributed by atoms with Crippen LogP contribution >= 0.6 is 22.9 Å². The predicted octanol–water partition coefficient (Wildman–Crippen LogP) is 4.13. The number of carbonyl (C=O) groups is 2. The molecule has 0 aliphatic carbocycles. The van der Waals surface area contributed by atoms with E-state index in [0.29, 0.717) is 26.3 Å². The molecule has 0 radical (unpaired) electrons. The lowest BCUT2D eigenvalue weighted by Gasteiger charge is -2.22. The molecule has 1 saturated heterocycles. The van der Waals surface area contributed by atoms with Crippen LogP contribution in [0.2, 0.25) is 5.02 Å². The highest BCUT2D eigenvalue weighted by atomic mass is 35.5. The van der Waals surface area contributed by atoms with Crippen molar-refractivity contribution in [2.75, 3.05) is 4.90 Å². The number of halogens is 1. The third kappa shape index (κ3) is 3.08. The lowest BCUT2D eigenvalue weighted by molar-refractivity contribution is -0.132. The molecule has 1 unspecified atom stereocenters. The second kappa shape index (κ2) is 7.18. The van der Waals surface area contributed by atoms with Crippen LogP contribution in [0.4, 0.5) is 5.13 Å². The van der Waals surface area contributed by atoms with Crippen LogP contribution in [0.25, 0.3) is 5.76 Å². The molecule has 0 spiro atoms. The van der Waals surface area contributed by atoms with Crippen LogP contribution in [-0.4, -0.2) is 27.0 Å². The molecule has 1 atom stereocenters. The van der Waals surface area contributed by atoms with Crippen molar-refractivity contribution in [3.05, 3.63) is 81.3 Å². The van der Waals surface area contributed by atoms with Gasteiger partial charge in [-0.1, -0.05) is 53.3 Å². The number of aliphatic hydroxyl groups is 1. The Labute approximate surface area is 169 Å². The van der Waals surface area contributed by atoms with Gasteiger partial charge in [-0.25, -0.2) is 0 Å². The number of carbonyl (C=O) groups excluding carboxylic acids is 2. The van der Waals surface area contributed by atoms with Gasteiger partial charge in [0.05, 0.1) is 11.6 Å². The van der Waals surface area contributed by atoms with Crippen LogP contribution < -0.4 is 4.90 Å². The molecule has 140 valence electrons. The molecule has 4 rings (SSSR count). The molecular formula is C20H14ClN3O3S. The van der Waals surface area contributed by atoms with E-state index in [2.05, 4.69) is 10.2 Å². The van der Waals surface area contributed by atoms with E-state index < -0.39 is 17.7 Å². The summed E-state index contributed by atoms with van der Waals surface area (Å²) in [4.78, 5) is 27.0. The Morgan fingerprint density at radius 1 is 1.07 bits per heavy atom. The summed E-state index contributed by atoms with van der Waals surface area (Å²) in [6.07, 6.45) is 0. The van der Waals surface area contributed by atoms with Gasteiger partial charge in [0.25, 0.3) is 5.78 Å². The minimum absolute atomic E-state index is 0.00590. The van der Waals surface area contributed by atoms with Crippen molar-refractivity contribution in [1.82, 2.24) is 10.2 Å². The van der Waals surface area contributed by atoms with Gasteiger partial charge in [-0.2, -0.15) is 0 Å². The van der Waals surface area contributed by atoms with Crippen molar-refractivity contribution >= 4 is 45.5 Å². The van der Waals surface area contributed by atoms with E-state index >= 15 is 0 Å². The normalized spacial score (nSPS) is 18.6. The van der Waals surface area contributed by atoms with Crippen LogP contribution in [-0.2, 0) is 9.59 Å². The van der Waals surface area contributed by atoms with Crippen molar-refractivity contribution in [1.29, 1.82) is 0 Å². The molecular weight excluding hydrogens is 398 g/mol. The van der Waals surface area contributed by atoms with Crippen LogP contribution in [0.5, 0.6) is 0 Å². The Kier molecular flexibility index (Phi) is 4.70. The number of ketones is 1. The van der Waals surface area contributed by atoms with Gasteiger partial charge >= 0.3 is 5.91 Å². The van der Waals surface area contributed by atoms with Gasteiger partial charge < -0.3 is 5.11 Å². The number of aryl methyl sites for hydroxylation is 1. The molecule has 0 bridgehead atoms. The number of amides is 1. The monoisotopic (exact) mass is 411 g/mol. The summed E-state index contributed by atoms with van der Waals surface area (Å²) in [7, 11) is 0. The molecule has 28 heavy (non-hydrogen) atoms. The third-order valence-electron chi connectivity index (χ3n) is 4.40. The molecule has 1 aliphatic rings.